The summed E-state index contributed by atoms with van der Waals surface area (Å²) in [5.41, 5.74) is 0. The van der Waals surface area contributed by atoms with Gasteiger partial charge in [-0.25, -0.2) is 13.4 Å². The van der Waals surface area contributed by atoms with Gasteiger partial charge in [0.2, 0.25) is 0 Å². The van der Waals surface area contributed by atoms with Crippen molar-refractivity contribution in [3.05, 3.63) is 18.3 Å². The summed E-state index contributed by atoms with van der Waals surface area (Å²) in [6.07, 6.45) is 6.34. The van der Waals surface area contributed by atoms with Gasteiger partial charge in [-0.2, -0.15) is 0 Å². The highest BCUT2D eigenvalue weighted by molar-refractivity contribution is 9.09. The minimum Gasteiger partial charge on any atom is -0.355 e. The van der Waals surface area contributed by atoms with Crippen molar-refractivity contribution in [2.45, 2.75) is 24.2 Å². The SMILES string of the molecule is CS(=O)(=O)c1cccnc1N1CCCC(CCBr)C1. The number of alkyl halides is 1. The lowest BCUT2D eigenvalue weighted by atomic mass is 9.96. The van der Waals surface area contributed by atoms with Gasteiger partial charge in [0, 0.05) is 30.9 Å². The van der Waals surface area contributed by atoms with Crippen LogP contribution in [0.25, 0.3) is 0 Å². The molecule has 1 saturated heterocycles. The van der Waals surface area contributed by atoms with Crippen molar-refractivity contribution in [1.29, 1.82) is 0 Å². The van der Waals surface area contributed by atoms with Crippen LogP contribution >= 0.6 is 15.9 Å². The number of anilines is 1. The van der Waals surface area contributed by atoms with E-state index >= 15 is 0 Å². The number of rotatable bonds is 4. The third kappa shape index (κ3) is 3.69. The number of pyridine rings is 1. The molecular weight excluding hydrogens is 328 g/mol. The molecule has 1 fully saturated rings. The fraction of sp³-hybridized carbons (Fsp3) is 0.615. The molecule has 1 aromatic heterocycles. The summed E-state index contributed by atoms with van der Waals surface area (Å²) in [5, 5.41) is 0.993. The molecule has 0 radical (unpaired) electrons. The van der Waals surface area contributed by atoms with E-state index in [-0.39, 0.29) is 0 Å². The molecular formula is C13H19BrN2O2S. The van der Waals surface area contributed by atoms with Crippen LogP contribution in [0.3, 0.4) is 0 Å². The van der Waals surface area contributed by atoms with Crippen molar-refractivity contribution < 1.29 is 8.42 Å². The quantitative estimate of drug-likeness (QED) is 0.786. The molecule has 2 heterocycles. The summed E-state index contributed by atoms with van der Waals surface area (Å²) in [7, 11) is -3.23. The van der Waals surface area contributed by atoms with Crippen LogP contribution in [-0.2, 0) is 9.84 Å². The molecule has 1 aromatic rings. The van der Waals surface area contributed by atoms with Crippen LogP contribution in [0.15, 0.2) is 23.2 Å². The first kappa shape index (κ1) is 14.8. The fourth-order valence-electron chi connectivity index (χ4n) is 2.56. The number of nitrogens with zero attached hydrogens (tertiary/aromatic N) is 2. The minimum atomic E-state index is -3.23. The molecule has 2 rings (SSSR count). The molecule has 0 aromatic carbocycles. The second-order valence-corrected chi connectivity index (χ2v) is 7.81. The smallest absolute Gasteiger partial charge is 0.179 e. The van der Waals surface area contributed by atoms with Gasteiger partial charge in [0.25, 0.3) is 0 Å². The second-order valence-electron chi connectivity index (χ2n) is 5.03. The lowest BCUT2D eigenvalue weighted by Crippen LogP contribution is -2.36. The van der Waals surface area contributed by atoms with E-state index in [0.717, 1.165) is 31.3 Å². The van der Waals surface area contributed by atoms with E-state index in [1.807, 2.05) is 0 Å². The maximum atomic E-state index is 11.8. The van der Waals surface area contributed by atoms with Crippen LogP contribution in [0.4, 0.5) is 5.82 Å². The molecule has 1 atom stereocenters. The molecule has 1 aliphatic rings. The first-order chi connectivity index (χ1) is 9.02. The van der Waals surface area contributed by atoms with Crippen LogP contribution in [0.5, 0.6) is 0 Å². The Labute approximate surface area is 123 Å². The zero-order valence-electron chi connectivity index (χ0n) is 11.0. The molecule has 19 heavy (non-hydrogen) atoms. The van der Waals surface area contributed by atoms with E-state index in [0.29, 0.717) is 16.6 Å². The Balaban J connectivity index is 2.27. The maximum Gasteiger partial charge on any atom is 0.179 e. The highest BCUT2D eigenvalue weighted by Gasteiger charge is 2.24. The Morgan fingerprint density at radius 3 is 3.00 bits per heavy atom. The summed E-state index contributed by atoms with van der Waals surface area (Å²) in [5.74, 6) is 1.23. The molecule has 106 valence electrons. The lowest BCUT2D eigenvalue weighted by molar-refractivity contribution is 0.404. The van der Waals surface area contributed by atoms with E-state index in [2.05, 4.69) is 25.8 Å². The monoisotopic (exact) mass is 346 g/mol. The predicted octanol–water partition coefficient (Wildman–Crippen LogP) is 2.49. The van der Waals surface area contributed by atoms with Gasteiger partial charge in [0.05, 0.1) is 0 Å². The first-order valence-electron chi connectivity index (χ1n) is 6.48. The summed E-state index contributed by atoms with van der Waals surface area (Å²) in [4.78, 5) is 6.76. The molecule has 0 amide bonds. The van der Waals surface area contributed by atoms with Gasteiger partial charge in [-0.15, -0.1) is 0 Å². The number of hydrogen-bond acceptors (Lipinski definition) is 4. The Kier molecular flexibility index (Phi) is 4.84. The molecule has 6 heteroatoms. The van der Waals surface area contributed by atoms with Crippen molar-refractivity contribution in [3.63, 3.8) is 0 Å². The van der Waals surface area contributed by atoms with Gasteiger partial charge in [-0.1, -0.05) is 15.9 Å². The number of sulfone groups is 1. The average molecular weight is 347 g/mol. The van der Waals surface area contributed by atoms with Crippen molar-refractivity contribution in [1.82, 2.24) is 4.98 Å². The highest BCUT2D eigenvalue weighted by Crippen LogP contribution is 2.28. The van der Waals surface area contributed by atoms with Crippen LogP contribution in [0, 0.1) is 5.92 Å². The second kappa shape index (κ2) is 6.22. The zero-order valence-corrected chi connectivity index (χ0v) is 13.5. The van der Waals surface area contributed by atoms with Gasteiger partial charge in [-0.3, -0.25) is 0 Å². The average Bonchev–Trinajstić information content (AvgIpc) is 2.38. The molecule has 0 aliphatic carbocycles. The van der Waals surface area contributed by atoms with E-state index < -0.39 is 9.84 Å². The van der Waals surface area contributed by atoms with Crippen LogP contribution < -0.4 is 4.90 Å². The van der Waals surface area contributed by atoms with Gasteiger partial charge in [0.15, 0.2) is 9.84 Å². The number of halogens is 1. The molecule has 1 unspecified atom stereocenters. The Bertz CT molecular complexity index is 531. The normalized spacial score (nSPS) is 20.5. The zero-order chi connectivity index (χ0) is 13.9. The number of aromatic nitrogens is 1. The largest absolute Gasteiger partial charge is 0.355 e. The third-order valence-corrected chi connectivity index (χ3v) is 5.06. The van der Waals surface area contributed by atoms with E-state index in [1.54, 1.807) is 18.3 Å². The fourth-order valence-corrected chi connectivity index (χ4v) is 4.04. The standard InChI is InChI=1S/C13H19BrN2O2S/c1-19(17,18)12-5-2-8-15-13(12)16-9-3-4-11(10-16)6-7-14/h2,5,8,11H,3-4,6-7,9-10H2,1H3. The van der Waals surface area contributed by atoms with Crippen LogP contribution in [0.1, 0.15) is 19.3 Å². The maximum absolute atomic E-state index is 11.8. The minimum absolute atomic E-state index is 0.342. The molecule has 0 bridgehead atoms. The van der Waals surface area contributed by atoms with Crippen LogP contribution in [-0.4, -0.2) is 38.1 Å². The van der Waals surface area contributed by atoms with Crippen LogP contribution in [0.2, 0.25) is 0 Å². The number of piperidine rings is 1. The summed E-state index contributed by atoms with van der Waals surface area (Å²) >= 11 is 3.48. The lowest BCUT2D eigenvalue weighted by Gasteiger charge is -2.34. The van der Waals surface area contributed by atoms with Gasteiger partial charge < -0.3 is 4.90 Å². The Morgan fingerprint density at radius 1 is 1.53 bits per heavy atom. The summed E-state index contributed by atoms with van der Waals surface area (Å²) < 4.78 is 23.7. The number of hydrogen-bond donors (Lipinski definition) is 0. The Morgan fingerprint density at radius 2 is 2.32 bits per heavy atom. The predicted molar refractivity (Wildman–Crippen MR) is 80.7 cm³/mol. The Hall–Kier alpha value is -0.620. The van der Waals surface area contributed by atoms with Gasteiger partial charge in [-0.05, 0) is 37.3 Å². The van der Waals surface area contributed by atoms with Crippen molar-refractivity contribution in [2.24, 2.45) is 5.92 Å². The third-order valence-electron chi connectivity index (χ3n) is 3.49. The highest BCUT2D eigenvalue weighted by atomic mass is 79.9. The van der Waals surface area contributed by atoms with E-state index in [9.17, 15) is 8.42 Å². The van der Waals surface area contributed by atoms with Crippen molar-refractivity contribution >= 4 is 31.6 Å². The molecule has 0 N–H and O–H groups in total. The topological polar surface area (TPSA) is 50.3 Å². The summed E-state index contributed by atoms with van der Waals surface area (Å²) in [6.45, 7) is 1.78. The summed E-state index contributed by atoms with van der Waals surface area (Å²) in [6, 6.07) is 3.32. The molecule has 1 aliphatic heterocycles. The van der Waals surface area contributed by atoms with E-state index in [1.165, 1.54) is 12.7 Å². The molecule has 0 spiro atoms. The van der Waals surface area contributed by atoms with Crippen molar-refractivity contribution in [3.8, 4) is 0 Å². The van der Waals surface area contributed by atoms with Crippen molar-refractivity contribution in [2.75, 3.05) is 29.6 Å². The molecule has 0 saturated carbocycles. The molecule has 4 nitrogen and oxygen atoms in total. The van der Waals surface area contributed by atoms with Gasteiger partial charge >= 0.3 is 0 Å². The van der Waals surface area contributed by atoms with Gasteiger partial charge in [0.1, 0.15) is 10.7 Å². The first-order valence-corrected chi connectivity index (χ1v) is 9.49. The van der Waals surface area contributed by atoms with E-state index in [4.69, 9.17) is 0 Å².